The first-order valence-electron chi connectivity index (χ1n) is 9.93. The van der Waals surface area contributed by atoms with Crippen LogP contribution in [-0.2, 0) is 28.7 Å². The van der Waals surface area contributed by atoms with Crippen molar-refractivity contribution in [3.8, 4) is 0 Å². The number of amides is 2. The largest absolute Gasteiger partial charge is 0.467 e. The fourth-order valence-corrected chi connectivity index (χ4v) is 5.51. The van der Waals surface area contributed by atoms with Gasteiger partial charge in [0.25, 0.3) is 0 Å². The average molecular weight is 463 g/mol. The number of carbonyl (C=O) groups excluding carboxylic acids is 4. The minimum absolute atomic E-state index is 0.225. The van der Waals surface area contributed by atoms with Crippen LogP contribution in [0.15, 0.2) is 0 Å². The predicted octanol–water partition coefficient (Wildman–Crippen LogP) is -0.813. The van der Waals surface area contributed by atoms with Crippen LogP contribution >= 0.6 is 21.6 Å². The van der Waals surface area contributed by atoms with E-state index in [2.05, 4.69) is 21.3 Å². The maximum Gasteiger partial charge on any atom is 0.329 e. The smallest absolute Gasteiger partial charge is 0.329 e. The lowest BCUT2D eigenvalue weighted by Gasteiger charge is -2.20. The van der Waals surface area contributed by atoms with Gasteiger partial charge in [0.15, 0.2) is 0 Å². The van der Waals surface area contributed by atoms with Gasteiger partial charge >= 0.3 is 11.9 Å². The molecule has 4 N–H and O–H groups in total. The summed E-state index contributed by atoms with van der Waals surface area (Å²) in [6.45, 7) is 1.56. The summed E-state index contributed by atoms with van der Waals surface area (Å²) in [5.74, 6) is -0.974. The van der Waals surface area contributed by atoms with E-state index >= 15 is 0 Å². The van der Waals surface area contributed by atoms with Crippen LogP contribution in [-0.4, -0.2) is 86.7 Å². The summed E-state index contributed by atoms with van der Waals surface area (Å²) < 4.78 is 9.57. The van der Waals surface area contributed by atoms with E-state index in [1.54, 1.807) is 0 Å². The summed E-state index contributed by atoms with van der Waals surface area (Å²) in [6.07, 6.45) is 3.31. The number of hydrogen-bond acceptors (Lipinski definition) is 10. The molecule has 0 aromatic rings. The minimum atomic E-state index is -0.795. The number of nitrogens with one attached hydrogen (secondary N) is 4. The lowest BCUT2D eigenvalue weighted by Crippen LogP contribution is -2.50. The topological polar surface area (TPSA) is 135 Å². The van der Waals surface area contributed by atoms with E-state index < -0.39 is 24.0 Å². The number of ether oxygens (including phenoxy) is 2. The molecule has 0 aromatic heterocycles. The first-order valence-corrected chi connectivity index (χ1v) is 12.4. The summed E-state index contributed by atoms with van der Waals surface area (Å²) in [6, 6.07) is -2.18. The van der Waals surface area contributed by atoms with Gasteiger partial charge in [0.05, 0.1) is 26.3 Å². The van der Waals surface area contributed by atoms with Crippen LogP contribution in [0.4, 0.5) is 0 Å². The number of hydrogen-bond donors (Lipinski definition) is 4. The third-order valence-corrected chi connectivity index (χ3v) is 7.33. The van der Waals surface area contributed by atoms with Crippen LogP contribution in [0.25, 0.3) is 0 Å². The highest BCUT2D eigenvalue weighted by molar-refractivity contribution is 8.76. The number of rotatable bonds is 11. The Morgan fingerprint density at radius 3 is 1.53 bits per heavy atom. The van der Waals surface area contributed by atoms with E-state index in [9.17, 15) is 19.2 Å². The molecule has 10 nitrogen and oxygen atoms in total. The summed E-state index contributed by atoms with van der Waals surface area (Å²) in [4.78, 5) is 48.6. The van der Waals surface area contributed by atoms with Crippen molar-refractivity contribution in [1.82, 2.24) is 21.3 Å². The Bertz CT molecular complexity index is 559. The third-order valence-electron chi connectivity index (χ3n) is 4.91. The highest BCUT2D eigenvalue weighted by Crippen LogP contribution is 2.24. The zero-order valence-electron chi connectivity index (χ0n) is 17.2. The maximum atomic E-state index is 12.3. The van der Waals surface area contributed by atoms with Gasteiger partial charge in [-0.2, -0.15) is 0 Å². The number of carbonyl (C=O) groups is 4. The first kappa shape index (κ1) is 24.8. The highest BCUT2D eigenvalue weighted by atomic mass is 33.1. The minimum Gasteiger partial charge on any atom is -0.467 e. The normalized spacial score (nSPS) is 22.7. The molecule has 0 unspecified atom stereocenters. The monoisotopic (exact) mass is 462 g/mol. The van der Waals surface area contributed by atoms with Crippen LogP contribution in [0, 0.1) is 0 Å². The highest BCUT2D eigenvalue weighted by Gasteiger charge is 2.30. The zero-order chi connectivity index (χ0) is 21.9. The molecule has 4 atom stereocenters. The molecule has 2 aliphatic heterocycles. The molecule has 2 amide bonds. The molecule has 30 heavy (non-hydrogen) atoms. The van der Waals surface area contributed by atoms with E-state index in [1.807, 2.05) is 0 Å². The van der Waals surface area contributed by atoms with E-state index in [-0.39, 0.29) is 35.4 Å². The number of methoxy groups -OCH3 is 2. The van der Waals surface area contributed by atoms with E-state index in [0.29, 0.717) is 0 Å². The third kappa shape index (κ3) is 7.64. The van der Waals surface area contributed by atoms with Crippen molar-refractivity contribution >= 4 is 45.3 Å². The fourth-order valence-electron chi connectivity index (χ4n) is 3.22. The van der Waals surface area contributed by atoms with Crippen molar-refractivity contribution in [2.24, 2.45) is 0 Å². The molecule has 2 heterocycles. The Morgan fingerprint density at radius 2 is 1.23 bits per heavy atom. The second-order valence-corrected chi connectivity index (χ2v) is 9.59. The number of esters is 2. The van der Waals surface area contributed by atoms with Gasteiger partial charge < -0.3 is 30.7 Å². The Morgan fingerprint density at radius 1 is 0.833 bits per heavy atom. The summed E-state index contributed by atoms with van der Waals surface area (Å²) >= 11 is 0. The molecule has 0 spiro atoms. The van der Waals surface area contributed by atoms with Crippen LogP contribution in [0.1, 0.15) is 25.7 Å². The molecule has 2 fully saturated rings. The van der Waals surface area contributed by atoms with E-state index in [4.69, 9.17) is 9.47 Å². The second kappa shape index (κ2) is 13.0. The second-order valence-electron chi connectivity index (χ2n) is 7.04. The van der Waals surface area contributed by atoms with E-state index in [0.717, 1.165) is 38.8 Å². The van der Waals surface area contributed by atoms with Crippen molar-refractivity contribution in [2.45, 2.75) is 49.9 Å². The van der Waals surface area contributed by atoms with Gasteiger partial charge in [-0.3, -0.25) is 9.59 Å². The van der Waals surface area contributed by atoms with Crippen LogP contribution < -0.4 is 21.3 Å². The fraction of sp³-hybridized carbons (Fsp3) is 0.778. The van der Waals surface area contributed by atoms with E-state index in [1.165, 1.54) is 35.8 Å². The van der Waals surface area contributed by atoms with Gasteiger partial charge in [0.1, 0.15) is 12.1 Å². The lowest BCUT2D eigenvalue weighted by molar-refractivity contribution is -0.144. The van der Waals surface area contributed by atoms with Gasteiger partial charge in [-0.1, -0.05) is 21.6 Å². The van der Waals surface area contributed by atoms with Crippen molar-refractivity contribution < 1.29 is 28.7 Å². The molecule has 2 saturated heterocycles. The average Bonchev–Trinajstić information content (AvgIpc) is 3.47. The van der Waals surface area contributed by atoms with Crippen LogP contribution in [0.3, 0.4) is 0 Å². The summed E-state index contributed by atoms with van der Waals surface area (Å²) in [5.41, 5.74) is 0. The van der Waals surface area contributed by atoms with Crippen molar-refractivity contribution in [3.05, 3.63) is 0 Å². The summed E-state index contributed by atoms with van der Waals surface area (Å²) in [5, 5.41) is 11.6. The Hall–Kier alpha value is -1.50. The Labute approximate surface area is 184 Å². The molecular weight excluding hydrogens is 432 g/mol. The van der Waals surface area contributed by atoms with Gasteiger partial charge in [0, 0.05) is 11.5 Å². The maximum absolute atomic E-state index is 12.3. The quantitative estimate of drug-likeness (QED) is 0.175. The SMILES string of the molecule is COC(=O)[C@H](CSSC[C@H](NC(=O)[C@H]1CCCN1)C(=O)OC)NC(=O)[C@H]1CCCN1. The predicted molar refractivity (Wildman–Crippen MR) is 115 cm³/mol. The summed E-state index contributed by atoms with van der Waals surface area (Å²) in [7, 11) is 5.16. The Balaban J connectivity index is 1.80. The van der Waals surface area contributed by atoms with Crippen molar-refractivity contribution in [1.29, 1.82) is 0 Å². The molecule has 0 aromatic carbocycles. The lowest BCUT2D eigenvalue weighted by atomic mass is 10.2. The molecule has 170 valence electrons. The van der Waals surface area contributed by atoms with Gasteiger partial charge in [-0.15, -0.1) is 0 Å². The van der Waals surface area contributed by atoms with Crippen molar-refractivity contribution in [3.63, 3.8) is 0 Å². The first-order chi connectivity index (χ1) is 14.5. The molecule has 0 radical (unpaired) electrons. The molecule has 12 heteroatoms. The molecule has 2 rings (SSSR count). The van der Waals surface area contributed by atoms with Crippen LogP contribution in [0.2, 0.25) is 0 Å². The molecule has 0 bridgehead atoms. The molecule has 0 aliphatic carbocycles. The molecule has 0 saturated carbocycles. The molecule has 2 aliphatic rings. The van der Waals surface area contributed by atoms with Gasteiger partial charge in [-0.05, 0) is 38.8 Å². The zero-order valence-corrected chi connectivity index (χ0v) is 18.9. The standard InChI is InChI=1S/C18H30N4O6S2/c1-27-17(25)13(21-15(23)11-5-3-7-19-11)9-29-30-10-14(18(26)28-2)22-16(24)12-6-4-8-20-12/h11-14,19-20H,3-10H2,1-2H3,(H,21,23)(H,22,24)/t11-,12-,13+,14+/m1/s1. The molecular formula is C18H30N4O6S2. The Kier molecular flexibility index (Phi) is 10.8. The van der Waals surface area contributed by atoms with Gasteiger partial charge in [-0.25, -0.2) is 9.59 Å². The van der Waals surface area contributed by atoms with Gasteiger partial charge in [0.2, 0.25) is 11.8 Å². The van der Waals surface area contributed by atoms with Crippen LogP contribution in [0.5, 0.6) is 0 Å². The van der Waals surface area contributed by atoms with Crippen molar-refractivity contribution in [2.75, 3.05) is 38.8 Å².